The largest absolute Gasteiger partial charge is 0.450 e. The number of alkyl carbamates (subject to hydrolysis) is 1. The number of hydrogen-bond acceptors (Lipinski definition) is 4. The molecule has 5 heteroatoms. The van der Waals surface area contributed by atoms with E-state index in [-0.39, 0.29) is 12.1 Å². The number of aliphatic hydroxyl groups excluding tert-OH is 1. The second-order valence-corrected chi connectivity index (χ2v) is 5.41. The van der Waals surface area contributed by atoms with Crippen molar-refractivity contribution in [1.82, 2.24) is 10.2 Å². The molecule has 0 aliphatic carbocycles. The summed E-state index contributed by atoms with van der Waals surface area (Å²) in [5.74, 6) is 0. The standard InChI is InChI=1S/C16H24N2O3/c1-3-21-16(20)17-14-11-18(10-9-15(14)19)12(2)13-7-5-4-6-8-13/h4-8,12,14-15,19H,3,9-11H2,1-2H3,(H,17,20)/t12?,14-,15-/m1/s1. The number of carbonyl (C=O) groups excluding carboxylic acids is 1. The Bertz CT molecular complexity index is 452. The molecule has 1 fully saturated rings. The highest BCUT2D eigenvalue weighted by Crippen LogP contribution is 2.24. The number of ether oxygens (including phenoxy) is 1. The summed E-state index contributed by atoms with van der Waals surface area (Å²) in [6, 6.07) is 10.2. The van der Waals surface area contributed by atoms with E-state index in [1.54, 1.807) is 6.92 Å². The van der Waals surface area contributed by atoms with Crippen LogP contribution in [-0.4, -0.2) is 47.9 Å². The van der Waals surface area contributed by atoms with Gasteiger partial charge in [0.25, 0.3) is 0 Å². The molecule has 1 aromatic rings. The lowest BCUT2D eigenvalue weighted by Gasteiger charge is -2.39. The maximum Gasteiger partial charge on any atom is 0.407 e. The number of benzene rings is 1. The number of aliphatic hydroxyl groups is 1. The third kappa shape index (κ3) is 4.19. The van der Waals surface area contributed by atoms with E-state index >= 15 is 0 Å². The minimum absolute atomic E-state index is 0.255. The van der Waals surface area contributed by atoms with Gasteiger partial charge in [-0.1, -0.05) is 30.3 Å². The second kappa shape index (κ2) is 7.43. The van der Waals surface area contributed by atoms with Gasteiger partial charge in [-0.15, -0.1) is 0 Å². The fraction of sp³-hybridized carbons (Fsp3) is 0.562. The summed E-state index contributed by atoms with van der Waals surface area (Å²) < 4.78 is 4.89. The molecule has 1 amide bonds. The lowest BCUT2D eigenvalue weighted by molar-refractivity contribution is 0.0300. The zero-order valence-corrected chi connectivity index (χ0v) is 12.7. The van der Waals surface area contributed by atoms with E-state index in [2.05, 4.69) is 29.3 Å². The normalized spacial score (nSPS) is 24.3. The second-order valence-electron chi connectivity index (χ2n) is 5.41. The Hall–Kier alpha value is -1.59. The van der Waals surface area contributed by atoms with Crippen LogP contribution in [0.25, 0.3) is 0 Å². The fourth-order valence-corrected chi connectivity index (χ4v) is 2.72. The molecule has 0 aromatic heterocycles. The lowest BCUT2D eigenvalue weighted by atomic mass is 9.98. The Morgan fingerprint density at radius 3 is 2.86 bits per heavy atom. The lowest BCUT2D eigenvalue weighted by Crippen LogP contribution is -2.55. The summed E-state index contributed by atoms with van der Waals surface area (Å²) >= 11 is 0. The SMILES string of the molecule is CCOC(=O)N[C@@H]1CN(C(C)c2ccccc2)CC[C@H]1O. The highest BCUT2D eigenvalue weighted by atomic mass is 16.5. The van der Waals surface area contributed by atoms with Crippen LogP contribution >= 0.6 is 0 Å². The molecule has 116 valence electrons. The Morgan fingerprint density at radius 1 is 1.48 bits per heavy atom. The monoisotopic (exact) mass is 292 g/mol. The number of nitrogens with one attached hydrogen (secondary N) is 1. The van der Waals surface area contributed by atoms with Crippen LogP contribution in [0.3, 0.4) is 0 Å². The van der Waals surface area contributed by atoms with Crippen molar-refractivity contribution in [1.29, 1.82) is 0 Å². The predicted octanol–water partition coefficient (Wildman–Crippen LogP) is 1.93. The molecule has 1 saturated heterocycles. The van der Waals surface area contributed by atoms with Crippen LogP contribution in [0.2, 0.25) is 0 Å². The first kappa shape index (κ1) is 15.8. The zero-order valence-electron chi connectivity index (χ0n) is 12.7. The van der Waals surface area contributed by atoms with Crippen molar-refractivity contribution in [3.63, 3.8) is 0 Å². The van der Waals surface area contributed by atoms with E-state index < -0.39 is 12.2 Å². The van der Waals surface area contributed by atoms with Gasteiger partial charge in [0, 0.05) is 19.1 Å². The first-order valence-electron chi connectivity index (χ1n) is 7.52. The minimum atomic E-state index is -0.520. The molecule has 0 saturated carbocycles. The first-order chi connectivity index (χ1) is 10.1. The van der Waals surface area contributed by atoms with Crippen LogP contribution < -0.4 is 5.32 Å². The predicted molar refractivity (Wildman–Crippen MR) is 81.0 cm³/mol. The molecule has 0 bridgehead atoms. The maximum atomic E-state index is 11.5. The average molecular weight is 292 g/mol. The van der Waals surface area contributed by atoms with Crippen molar-refractivity contribution in [2.24, 2.45) is 0 Å². The number of likely N-dealkylation sites (tertiary alicyclic amines) is 1. The topological polar surface area (TPSA) is 61.8 Å². The third-order valence-corrected chi connectivity index (χ3v) is 4.02. The average Bonchev–Trinajstić information content (AvgIpc) is 2.50. The molecule has 3 atom stereocenters. The molecule has 0 radical (unpaired) electrons. The molecule has 1 aromatic carbocycles. The summed E-state index contributed by atoms with van der Waals surface area (Å²) in [5.41, 5.74) is 1.24. The van der Waals surface area contributed by atoms with Gasteiger partial charge in [0.2, 0.25) is 0 Å². The van der Waals surface area contributed by atoms with Crippen molar-refractivity contribution in [3.8, 4) is 0 Å². The highest BCUT2D eigenvalue weighted by Gasteiger charge is 2.31. The molecule has 1 aliphatic heterocycles. The summed E-state index contributed by atoms with van der Waals surface area (Å²) in [7, 11) is 0. The summed E-state index contributed by atoms with van der Waals surface area (Å²) in [5, 5.41) is 12.8. The van der Waals surface area contributed by atoms with Gasteiger partial charge in [-0.2, -0.15) is 0 Å². The number of carbonyl (C=O) groups is 1. The summed E-state index contributed by atoms with van der Waals surface area (Å²) in [6.07, 6.45) is -0.335. The van der Waals surface area contributed by atoms with Crippen LogP contribution in [0, 0.1) is 0 Å². The zero-order chi connectivity index (χ0) is 15.2. The van der Waals surface area contributed by atoms with E-state index in [0.717, 1.165) is 6.54 Å². The van der Waals surface area contributed by atoms with Gasteiger partial charge >= 0.3 is 6.09 Å². The molecule has 1 aliphatic rings. The van der Waals surface area contributed by atoms with Crippen molar-refractivity contribution in [3.05, 3.63) is 35.9 Å². The fourth-order valence-electron chi connectivity index (χ4n) is 2.72. The van der Waals surface area contributed by atoms with Gasteiger partial charge in [0.1, 0.15) is 0 Å². The van der Waals surface area contributed by atoms with E-state index in [1.165, 1.54) is 5.56 Å². The first-order valence-corrected chi connectivity index (χ1v) is 7.52. The maximum absolute atomic E-state index is 11.5. The highest BCUT2D eigenvalue weighted by molar-refractivity contribution is 5.67. The van der Waals surface area contributed by atoms with Crippen molar-refractivity contribution >= 4 is 6.09 Å². The minimum Gasteiger partial charge on any atom is -0.450 e. The molecule has 2 rings (SSSR count). The van der Waals surface area contributed by atoms with Gasteiger partial charge < -0.3 is 15.2 Å². The quantitative estimate of drug-likeness (QED) is 0.890. The molecular formula is C16H24N2O3. The van der Waals surface area contributed by atoms with E-state index in [9.17, 15) is 9.90 Å². The van der Waals surface area contributed by atoms with Crippen molar-refractivity contribution in [2.75, 3.05) is 19.7 Å². The van der Waals surface area contributed by atoms with Crippen molar-refractivity contribution in [2.45, 2.75) is 38.5 Å². The Morgan fingerprint density at radius 2 is 2.19 bits per heavy atom. The van der Waals surface area contributed by atoms with E-state index in [4.69, 9.17) is 4.74 Å². The molecule has 2 N–H and O–H groups in total. The van der Waals surface area contributed by atoms with E-state index in [0.29, 0.717) is 19.6 Å². The third-order valence-electron chi connectivity index (χ3n) is 4.02. The Kier molecular flexibility index (Phi) is 5.59. The molecule has 21 heavy (non-hydrogen) atoms. The number of rotatable bonds is 4. The van der Waals surface area contributed by atoms with Gasteiger partial charge in [-0.3, -0.25) is 4.90 Å². The Balaban J connectivity index is 1.98. The van der Waals surface area contributed by atoms with E-state index in [1.807, 2.05) is 18.2 Å². The number of hydrogen-bond donors (Lipinski definition) is 2. The van der Waals surface area contributed by atoms with Crippen LogP contribution in [0.15, 0.2) is 30.3 Å². The Labute approximate surface area is 125 Å². The molecule has 1 unspecified atom stereocenters. The van der Waals surface area contributed by atoms with Crippen LogP contribution in [0.4, 0.5) is 4.79 Å². The summed E-state index contributed by atoms with van der Waals surface area (Å²) in [6.45, 7) is 5.68. The number of nitrogens with zero attached hydrogens (tertiary/aromatic N) is 1. The number of piperidine rings is 1. The van der Waals surface area contributed by atoms with Gasteiger partial charge in [0.15, 0.2) is 0 Å². The van der Waals surface area contributed by atoms with Crippen molar-refractivity contribution < 1.29 is 14.6 Å². The van der Waals surface area contributed by atoms with Crippen LogP contribution in [-0.2, 0) is 4.74 Å². The summed E-state index contributed by atoms with van der Waals surface area (Å²) in [4.78, 5) is 13.8. The van der Waals surface area contributed by atoms with Gasteiger partial charge in [0.05, 0.1) is 18.8 Å². The smallest absolute Gasteiger partial charge is 0.407 e. The molecule has 1 heterocycles. The van der Waals surface area contributed by atoms with Gasteiger partial charge in [-0.05, 0) is 25.8 Å². The number of amides is 1. The van der Waals surface area contributed by atoms with Crippen LogP contribution in [0.5, 0.6) is 0 Å². The molecular weight excluding hydrogens is 268 g/mol. The van der Waals surface area contributed by atoms with Crippen LogP contribution in [0.1, 0.15) is 31.9 Å². The van der Waals surface area contributed by atoms with Gasteiger partial charge in [-0.25, -0.2) is 4.79 Å². The molecule has 5 nitrogen and oxygen atoms in total. The molecule has 0 spiro atoms.